The molecule has 6 rings (SSSR count). The number of H-pyrrole nitrogens is 2. The number of aliphatic hydroxyl groups excluding tert-OH is 1. The van der Waals surface area contributed by atoms with Gasteiger partial charge in [-0.25, -0.2) is 4.98 Å². The van der Waals surface area contributed by atoms with Gasteiger partial charge in [-0.2, -0.15) is 5.10 Å². The lowest BCUT2D eigenvalue weighted by Crippen LogP contribution is -2.34. The number of hydrogen-bond acceptors (Lipinski definition) is 5. The molecular formula is C27H27N5O2. The third-order valence-electron chi connectivity index (χ3n) is 6.71. The third-order valence-corrected chi connectivity index (χ3v) is 6.71. The highest BCUT2D eigenvalue weighted by molar-refractivity contribution is 5.94. The average molecular weight is 454 g/mol. The Balaban J connectivity index is 1.26. The van der Waals surface area contributed by atoms with Gasteiger partial charge in [-0.3, -0.25) is 5.10 Å². The van der Waals surface area contributed by atoms with Crippen molar-refractivity contribution in [3.8, 4) is 17.3 Å². The van der Waals surface area contributed by atoms with E-state index >= 15 is 0 Å². The summed E-state index contributed by atoms with van der Waals surface area (Å²) in [5, 5.41) is 18.0. The summed E-state index contributed by atoms with van der Waals surface area (Å²) >= 11 is 0. The number of hydrogen-bond donors (Lipinski definition) is 3. The quantitative estimate of drug-likeness (QED) is 0.340. The van der Waals surface area contributed by atoms with Crippen LogP contribution in [0.4, 0.5) is 5.69 Å². The van der Waals surface area contributed by atoms with E-state index in [2.05, 4.69) is 50.4 Å². The first-order chi connectivity index (χ1) is 16.8. The second-order valence-corrected chi connectivity index (χ2v) is 8.95. The van der Waals surface area contributed by atoms with Crippen molar-refractivity contribution < 1.29 is 9.84 Å². The Labute approximate surface area is 197 Å². The highest BCUT2D eigenvalue weighted by Gasteiger charge is 2.20. The van der Waals surface area contributed by atoms with Crippen molar-refractivity contribution in [2.45, 2.75) is 19.4 Å². The van der Waals surface area contributed by atoms with Crippen LogP contribution in [0.25, 0.3) is 33.5 Å². The molecule has 0 aliphatic carbocycles. The van der Waals surface area contributed by atoms with Crippen molar-refractivity contribution >= 4 is 27.6 Å². The maximum absolute atomic E-state index is 9.41. The summed E-state index contributed by atoms with van der Waals surface area (Å²) in [5.74, 6) is 1.95. The van der Waals surface area contributed by atoms with Gasteiger partial charge in [0.2, 0.25) is 0 Å². The molecule has 3 aromatic carbocycles. The molecule has 0 bridgehead atoms. The molecule has 0 atom stereocenters. The molecule has 1 saturated heterocycles. The van der Waals surface area contributed by atoms with Gasteiger partial charge < -0.3 is 19.7 Å². The van der Waals surface area contributed by atoms with Crippen molar-refractivity contribution in [3.63, 3.8) is 0 Å². The second-order valence-electron chi connectivity index (χ2n) is 8.95. The van der Waals surface area contributed by atoms with Gasteiger partial charge in [-0.1, -0.05) is 30.3 Å². The monoisotopic (exact) mass is 453 g/mol. The van der Waals surface area contributed by atoms with Crippen LogP contribution in [0.15, 0.2) is 66.7 Å². The van der Waals surface area contributed by atoms with E-state index in [4.69, 9.17) is 9.72 Å². The molecule has 7 heteroatoms. The number of nitrogens with one attached hydrogen (secondary N) is 2. The second kappa shape index (κ2) is 8.83. The number of anilines is 1. The molecule has 34 heavy (non-hydrogen) atoms. The lowest BCUT2D eigenvalue weighted by molar-refractivity contribution is 0.203. The first kappa shape index (κ1) is 20.7. The van der Waals surface area contributed by atoms with Crippen molar-refractivity contribution in [2.24, 2.45) is 5.92 Å². The van der Waals surface area contributed by atoms with Crippen LogP contribution < -0.4 is 9.64 Å². The van der Waals surface area contributed by atoms with E-state index < -0.39 is 0 Å². The molecule has 0 unspecified atom stereocenters. The SMILES string of the molecule is OCC1CCN(c2ccc3nc(-c4n[nH]c5ccc(OCc6ccccc6)cc45)[nH]c3c2)CC1. The molecule has 1 aliphatic rings. The Morgan fingerprint density at radius 3 is 2.65 bits per heavy atom. The lowest BCUT2D eigenvalue weighted by atomic mass is 9.97. The van der Waals surface area contributed by atoms with E-state index in [1.54, 1.807) is 0 Å². The van der Waals surface area contributed by atoms with E-state index in [1.165, 1.54) is 5.69 Å². The Morgan fingerprint density at radius 1 is 0.971 bits per heavy atom. The number of rotatable bonds is 6. The smallest absolute Gasteiger partial charge is 0.159 e. The summed E-state index contributed by atoms with van der Waals surface area (Å²) in [4.78, 5) is 10.7. The molecule has 0 spiro atoms. The van der Waals surface area contributed by atoms with E-state index in [1.807, 2.05) is 36.4 Å². The van der Waals surface area contributed by atoms with Crippen LogP contribution in [0.1, 0.15) is 18.4 Å². The first-order valence-corrected chi connectivity index (χ1v) is 11.8. The summed E-state index contributed by atoms with van der Waals surface area (Å²) < 4.78 is 6.02. The molecule has 7 nitrogen and oxygen atoms in total. The maximum atomic E-state index is 9.41. The van der Waals surface area contributed by atoms with Crippen LogP contribution in [0, 0.1) is 5.92 Å². The number of ether oxygens (including phenoxy) is 1. The molecule has 1 fully saturated rings. The summed E-state index contributed by atoms with van der Waals surface area (Å²) in [5.41, 5.74) is 5.93. The molecule has 3 heterocycles. The molecule has 172 valence electrons. The fourth-order valence-electron chi connectivity index (χ4n) is 4.68. The number of imidazole rings is 1. The Morgan fingerprint density at radius 2 is 1.82 bits per heavy atom. The average Bonchev–Trinajstić information content (AvgIpc) is 3.51. The standard InChI is InChI=1S/C27H27N5O2/c33-16-18-10-12-32(13-11-18)20-6-8-24-25(14-20)29-27(28-24)26-22-15-21(7-9-23(22)30-31-26)34-17-19-4-2-1-3-5-19/h1-9,14-15,18,33H,10-13,16-17H2,(H,28,29)(H,30,31). The summed E-state index contributed by atoms with van der Waals surface area (Å²) in [6.45, 7) is 2.73. The van der Waals surface area contributed by atoms with Gasteiger partial charge in [0.25, 0.3) is 0 Å². The number of aromatic amines is 2. The van der Waals surface area contributed by atoms with Crippen molar-refractivity contribution in [2.75, 3.05) is 24.6 Å². The summed E-state index contributed by atoms with van der Waals surface area (Å²) in [6.07, 6.45) is 2.05. The fraction of sp³-hybridized carbons (Fsp3) is 0.259. The first-order valence-electron chi connectivity index (χ1n) is 11.8. The maximum Gasteiger partial charge on any atom is 0.159 e. The normalized spacial score (nSPS) is 14.8. The topological polar surface area (TPSA) is 90.1 Å². The molecule has 5 aromatic rings. The molecule has 3 N–H and O–H groups in total. The highest BCUT2D eigenvalue weighted by atomic mass is 16.5. The van der Waals surface area contributed by atoms with Gasteiger partial charge in [0, 0.05) is 30.8 Å². The largest absolute Gasteiger partial charge is 0.489 e. The fourth-order valence-corrected chi connectivity index (χ4v) is 4.68. The predicted molar refractivity (Wildman–Crippen MR) is 134 cm³/mol. The van der Waals surface area contributed by atoms with Gasteiger partial charge in [0.1, 0.15) is 18.1 Å². The Hall–Kier alpha value is -3.84. The van der Waals surface area contributed by atoms with Gasteiger partial charge in [0.05, 0.1) is 16.6 Å². The van der Waals surface area contributed by atoms with Crippen LogP contribution >= 0.6 is 0 Å². The summed E-state index contributed by atoms with van der Waals surface area (Å²) in [6, 6.07) is 22.5. The van der Waals surface area contributed by atoms with Crippen molar-refractivity contribution in [1.29, 1.82) is 0 Å². The zero-order chi connectivity index (χ0) is 22.9. The number of nitrogens with zero attached hydrogens (tertiary/aromatic N) is 3. The molecular weight excluding hydrogens is 426 g/mol. The van der Waals surface area contributed by atoms with Crippen LogP contribution in [-0.4, -0.2) is 45.0 Å². The lowest BCUT2D eigenvalue weighted by Gasteiger charge is -2.32. The van der Waals surface area contributed by atoms with Gasteiger partial charge in [-0.05, 0) is 60.7 Å². The van der Waals surface area contributed by atoms with Gasteiger partial charge >= 0.3 is 0 Å². The van der Waals surface area contributed by atoms with Gasteiger partial charge in [0.15, 0.2) is 5.82 Å². The Bertz CT molecular complexity index is 1420. The Kier molecular flexibility index (Phi) is 5.39. The summed E-state index contributed by atoms with van der Waals surface area (Å²) in [7, 11) is 0. The number of aliphatic hydroxyl groups is 1. The molecule has 0 radical (unpaired) electrons. The van der Waals surface area contributed by atoms with E-state index in [0.717, 1.165) is 70.7 Å². The van der Waals surface area contributed by atoms with Crippen LogP contribution in [0.3, 0.4) is 0 Å². The minimum atomic E-state index is 0.285. The van der Waals surface area contributed by atoms with E-state index in [0.29, 0.717) is 12.5 Å². The van der Waals surface area contributed by atoms with Crippen LogP contribution in [-0.2, 0) is 6.61 Å². The van der Waals surface area contributed by atoms with Gasteiger partial charge in [-0.15, -0.1) is 0 Å². The number of aromatic nitrogens is 4. The molecule has 1 aliphatic heterocycles. The van der Waals surface area contributed by atoms with E-state index in [9.17, 15) is 5.11 Å². The minimum Gasteiger partial charge on any atom is -0.489 e. The molecule has 0 amide bonds. The highest BCUT2D eigenvalue weighted by Crippen LogP contribution is 2.31. The third kappa shape index (κ3) is 3.99. The van der Waals surface area contributed by atoms with Crippen molar-refractivity contribution in [3.05, 3.63) is 72.3 Å². The minimum absolute atomic E-state index is 0.285. The number of fused-ring (bicyclic) bond motifs is 2. The van der Waals surface area contributed by atoms with Crippen LogP contribution in [0.5, 0.6) is 5.75 Å². The number of piperidine rings is 1. The van der Waals surface area contributed by atoms with Crippen LogP contribution in [0.2, 0.25) is 0 Å². The molecule has 0 saturated carbocycles. The number of benzene rings is 3. The zero-order valence-electron chi connectivity index (χ0n) is 18.9. The molecule has 2 aromatic heterocycles. The zero-order valence-corrected chi connectivity index (χ0v) is 18.9. The van der Waals surface area contributed by atoms with E-state index in [-0.39, 0.29) is 6.61 Å². The van der Waals surface area contributed by atoms with Crippen molar-refractivity contribution in [1.82, 2.24) is 20.2 Å². The predicted octanol–water partition coefficient (Wildman–Crippen LogP) is 4.89.